The maximum Gasteiger partial charge on any atom is 0.247 e. The van der Waals surface area contributed by atoms with Crippen LogP contribution in [-0.4, -0.2) is 22.4 Å². The van der Waals surface area contributed by atoms with Crippen LogP contribution in [0.5, 0.6) is 0 Å². The summed E-state index contributed by atoms with van der Waals surface area (Å²) in [6.07, 6.45) is 1.42. The van der Waals surface area contributed by atoms with Crippen LogP contribution >= 0.6 is 0 Å². The van der Waals surface area contributed by atoms with E-state index in [1.807, 2.05) is 0 Å². The van der Waals surface area contributed by atoms with Crippen molar-refractivity contribution in [1.29, 1.82) is 0 Å². The van der Waals surface area contributed by atoms with E-state index < -0.39 is 0 Å². The van der Waals surface area contributed by atoms with Gasteiger partial charge in [0.1, 0.15) is 6.10 Å². The van der Waals surface area contributed by atoms with E-state index in [1.54, 1.807) is 0 Å². The fourth-order valence-electron chi connectivity index (χ4n) is 0.505. The Morgan fingerprint density at radius 1 is 1.86 bits per heavy atom. The lowest BCUT2D eigenvalue weighted by molar-refractivity contribution is -0.133. The first-order valence-electron chi connectivity index (χ1n) is 2.19. The van der Waals surface area contributed by atoms with Crippen molar-refractivity contribution in [2.45, 2.75) is 18.9 Å². The standard InChI is InChI=1S/C4H5O2Si/c5-3-1-2-4(3)6-7/h4H,1-2H2. The molecule has 0 aromatic carbocycles. The molecule has 0 amide bonds. The van der Waals surface area contributed by atoms with Gasteiger partial charge in [0.15, 0.2) is 5.78 Å². The van der Waals surface area contributed by atoms with Crippen molar-refractivity contribution in [2.75, 3.05) is 0 Å². The van der Waals surface area contributed by atoms with E-state index >= 15 is 0 Å². The van der Waals surface area contributed by atoms with E-state index in [-0.39, 0.29) is 11.9 Å². The van der Waals surface area contributed by atoms with Crippen LogP contribution in [0.25, 0.3) is 0 Å². The van der Waals surface area contributed by atoms with E-state index in [4.69, 9.17) is 0 Å². The van der Waals surface area contributed by atoms with E-state index in [0.717, 1.165) is 6.42 Å². The molecule has 2 nitrogen and oxygen atoms in total. The fraction of sp³-hybridized carbons (Fsp3) is 0.750. The Morgan fingerprint density at radius 2 is 2.57 bits per heavy atom. The Kier molecular flexibility index (Phi) is 1.25. The molecule has 1 rings (SSSR count). The molecule has 0 N–H and O–H groups in total. The van der Waals surface area contributed by atoms with Crippen molar-refractivity contribution in [2.24, 2.45) is 0 Å². The van der Waals surface area contributed by atoms with Crippen LogP contribution in [-0.2, 0) is 9.22 Å². The Hall–Kier alpha value is -0.153. The highest BCUT2D eigenvalue weighted by atomic mass is 28.2. The molecule has 1 aliphatic rings. The first-order valence-corrected chi connectivity index (χ1v) is 2.60. The third-order valence-corrected chi connectivity index (χ3v) is 1.44. The van der Waals surface area contributed by atoms with E-state index in [0.29, 0.717) is 6.42 Å². The van der Waals surface area contributed by atoms with Crippen LogP contribution in [0.2, 0.25) is 0 Å². The summed E-state index contributed by atoms with van der Waals surface area (Å²) in [4.78, 5) is 10.3. The topological polar surface area (TPSA) is 26.3 Å². The van der Waals surface area contributed by atoms with E-state index in [1.165, 1.54) is 0 Å². The van der Waals surface area contributed by atoms with Crippen LogP contribution < -0.4 is 0 Å². The van der Waals surface area contributed by atoms with Gasteiger partial charge >= 0.3 is 0 Å². The molecule has 1 atom stereocenters. The monoisotopic (exact) mass is 113 g/mol. The molecule has 3 radical (unpaired) electrons. The van der Waals surface area contributed by atoms with Gasteiger partial charge in [0.25, 0.3) is 0 Å². The van der Waals surface area contributed by atoms with Gasteiger partial charge in [-0.25, -0.2) is 0 Å². The molecule has 0 aromatic rings. The predicted octanol–water partition coefficient (Wildman–Crippen LogP) is -0.182. The SMILES string of the molecule is O=C1CCC1O[Si]. The van der Waals surface area contributed by atoms with Crippen molar-refractivity contribution < 1.29 is 9.22 Å². The molecule has 7 heavy (non-hydrogen) atoms. The largest absolute Gasteiger partial charge is 0.409 e. The summed E-state index contributed by atoms with van der Waals surface area (Å²) >= 11 is 0. The first-order chi connectivity index (χ1) is 3.34. The predicted molar refractivity (Wildman–Crippen MR) is 24.9 cm³/mol. The number of carbonyl (C=O) groups is 1. The summed E-state index contributed by atoms with van der Waals surface area (Å²) < 4.78 is 4.55. The maximum atomic E-state index is 10.3. The Morgan fingerprint density at radius 3 is 2.57 bits per heavy atom. The fourth-order valence-corrected chi connectivity index (χ4v) is 0.754. The summed E-state index contributed by atoms with van der Waals surface area (Å²) in [5.41, 5.74) is 0. The quantitative estimate of drug-likeness (QED) is 0.441. The molecule has 1 fully saturated rings. The van der Waals surface area contributed by atoms with Gasteiger partial charge in [-0.1, -0.05) is 0 Å². The van der Waals surface area contributed by atoms with Gasteiger partial charge in [-0.2, -0.15) is 0 Å². The van der Waals surface area contributed by atoms with Gasteiger partial charge < -0.3 is 4.43 Å². The maximum absolute atomic E-state index is 10.3. The molecule has 0 aromatic heterocycles. The smallest absolute Gasteiger partial charge is 0.247 e. The average Bonchev–Trinajstić information content (AvgIpc) is 1.65. The number of hydrogen-bond donors (Lipinski definition) is 0. The molecule has 37 valence electrons. The third-order valence-electron chi connectivity index (χ3n) is 1.15. The lowest BCUT2D eigenvalue weighted by atomic mass is 9.95. The molecule has 3 heteroatoms. The first kappa shape index (κ1) is 4.99. The number of rotatable bonds is 1. The van der Waals surface area contributed by atoms with Gasteiger partial charge in [0.2, 0.25) is 10.5 Å². The zero-order chi connectivity index (χ0) is 5.28. The number of ketones is 1. The molecule has 0 bridgehead atoms. The zero-order valence-corrected chi connectivity index (χ0v) is 4.81. The number of carbonyl (C=O) groups excluding carboxylic acids is 1. The summed E-state index contributed by atoms with van der Waals surface area (Å²) in [6, 6.07) is 0. The average molecular weight is 113 g/mol. The molecule has 1 aliphatic carbocycles. The highest BCUT2D eigenvalue weighted by Crippen LogP contribution is 2.15. The molecule has 0 spiro atoms. The van der Waals surface area contributed by atoms with Gasteiger partial charge in [-0.15, -0.1) is 0 Å². The van der Waals surface area contributed by atoms with Crippen LogP contribution in [0.1, 0.15) is 12.8 Å². The zero-order valence-electron chi connectivity index (χ0n) is 3.81. The Balaban J connectivity index is 2.29. The second-order valence-corrected chi connectivity index (χ2v) is 1.85. The van der Waals surface area contributed by atoms with Gasteiger partial charge in [-0.05, 0) is 6.42 Å². The highest BCUT2D eigenvalue weighted by molar-refractivity contribution is 6.01. The molecule has 1 saturated carbocycles. The summed E-state index contributed by atoms with van der Waals surface area (Å²) in [6.45, 7) is 0. The third kappa shape index (κ3) is 0.735. The molecule has 0 heterocycles. The van der Waals surface area contributed by atoms with Crippen molar-refractivity contribution in [1.82, 2.24) is 0 Å². The van der Waals surface area contributed by atoms with Crippen LogP contribution in [0.15, 0.2) is 0 Å². The Bertz CT molecular complexity index is 89.7. The van der Waals surface area contributed by atoms with Crippen LogP contribution in [0.3, 0.4) is 0 Å². The van der Waals surface area contributed by atoms with Gasteiger partial charge in [0, 0.05) is 6.42 Å². The molecule has 1 unspecified atom stereocenters. The second kappa shape index (κ2) is 1.75. The summed E-state index contributed by atoms with van der Waals surface area (Å²) in [7, 11) is 2.79. The molecular weight excluding hydrogens is 108 g/mol. The second-order valence-electron chi connectivity index (χ2n) is 1.61. The lowest BCUT2D eigenvalue weighted by Crippen LogP contribution is -2.33. The van der Waals surface area contributed by atoms with Crippen LogP contribution in [0, 0.1) is 0 Å². The highest BCUT2D eigenvalue weighted by Gasteiger charge is 2.26. The van der Waals surface area contributed by atoms with Crippen molar-refractivity contribution in [3.63, 3.8) is 0 Å². The van der Waals surface area contributed by atoms with E-state index in [2.05, 4.69) is 14.9 Å². The molecular formula is C4H5O2Si. The van der Waals surface area contributed by atoms with Crippen molar-refractivity contribution >= 4 is 16.3 Å². The van der Waals surface area contributed by atoms with Gasteiger partial charge in [-0.3, -0.25) is 4.79 Å². The summed E-state index contributed by atoms with van der Waals surface area (Å²) in [5.74, 6) is 0.204. The van der Waals surface area contributed by atoms with Crippen LogP contribution in [0.4, 0.5) is 0 Å². The van der Waals surface area contributed by atoms with Crippen molar-refractivity contribution in [3.05, 3.63) is 0 Å². The van der Waals surface area contributed by atoms with Crippen molar-refractivity contribution in [3.8, 4) is 0 Å². The summed E-state index contributed by atoms with van der Waals surface area (Å²) in [5, 5.41) is 0. The normalized spacial score (nSPS) is 29.9. The lowest BCUT2D eigenvalue weighted by Gasteiger charge is -2.21. The minimum atomic E-state index is -0.142. The number of Topliss-reactive ketones (excluding diaryl/α,β-unsaturated/α-hetero) is 1. The minimum absolute atomic E-state index is 0.142. The van der Waals surface area contributed by atoms with Gasteiger partial charge in [0.05, 0.1) is 0 Å². The number of hydrogen-bond acceptors (Lipinski definition) is 2. The molecule has 0 aliphatic heterocycles. The minimum Gasteiger partial charge on any atom is -0.409 e. The molecule has 0 saturated heterocycles. The Labute approximate surface area is 45.4 Å². The van der Waals surface area contributed by atoms with E-state index in [9.17, 15) is 4.79 Å².